The minimum absolute atomic E-state index is 0. The van der Waals surface area contributed by atoms with E-state index in [9.17, 15) is 4.79 Å². The maximum absolute atomic E-state index is 12.6. The first-order chi connectivity index (χ1) is 11.6. The van der Waals surface area contributed by atoms with Crippen LogP contribution >= 0.6 is 36.4 Å². The number of hydrogen-bond acceptors (Lipinski definition) is 4. The Balaban J connectivity index is 0.00000121. The lowest BCUT2D eigenvalue weighted by Crippen LogP contribution is -2.51. The van der Waals surface area contributed by atoms with Crippen molar-refractivity contribution in [2.24, 2.45) is 11.8 Å². The molecule has 0 aliphatic carbocycles. The summed E-state index contributed by atoms with van der Waals surface area (Å²) in [6.07, 6.45) is 1.81. The minimum atomic E-state index is 0. The Bertz CT molecular complexity index is 755. The van der Waals surface area contributed by atoms with Crippen LogP contribution in [0.4, 0.5) is 0 Å². The van der Waals surface area contributed by atoms with Crippen molar-refractivity contribution in [3.63, 3.8) is 0 Å². The van der Waals surface area contributed by atoms with Crippen LogP contribution in [0.15, 0.2) is 22.6 Å². The van der Waals surface area contributed by atoms with Gasteiger partial charge in [-0.15, -0.1) is 24.8 Å². The number of rotatable bonds is 3. The number of nitrogens with one attached hydrogen (secondary N) is 1. The molecule has 0 bridgehead atoms. The lowest BCUT2D eigenvalue weighted by Gasteiger charge is -2.37. The first-order valence-electron chi connectivity index (χ1n) is 8.67. The van der Waals surface area contributed by atoms with Crippen LogP contribution < -0.4 is 5.32 Å². The topological polar surface area (TPSA) is 58.4 Å². The number of oxazole rings is 1. The molecule has 0 saturated carbocycles. The van der Waals surface area contributed by atoms with Gasteiger partial charge in [0.2, 0.25) is 5.91 Å². The highest BCUT2D eigenvalue weighted by Crippen LogP contribution is 2.31. The predicted octanol–water partition coefficient (Wildman–Crippen LogP) is 3.89. The third kappa shape index (κ3) is 4.11. The molecule has 4 rings (SSSR count). The molecule has 144 valence electrons. The molecule has 3 heterocycles. The number of amides is 1. The second-order valence-electron chi connectivity index (χ2n) is 6.97. The molecule has 2 aliphatic heterocycles. The number of carbonyl (C=O) groups is 1. The van der Waals surface area contributed by atoms with Gasteiger partial charge in [0.1, 0.15) is 5.52 Å². The zero-order valence-electron chi connectivity index (χ0n) is 14.6. The Morgan fingerprint density at radius 1 is 1.31 bits per heavy atom. The molecule has 1 unspecified atom stereocenters. The summed E-state index contributed by atoms with van der Waals surface area (Å²) >= 11 is 6.01. The third-order valence-electron chi connectivity index (χ3n) is 5.43. The fourth-order valence-corrected chi connectivity index (χ4v) is 3.76. The number of hydrogen-bond donors (Lipinski definition) is 1. The van der Waals surface area contributed by atoms with Crippen LogP contribution in [0.25, 0.3) is 11.1 Å². The van der Waals surface area contributed by atoms with E-state index >= 15 is 0 Å². The molecule has 1 aromatic carbocycles. The molecule has 5 nitrogen and oxygen atoms in total. The van der Waals surface area contributed by atoms with Crippen LogP contribution in [0.5, 0.6) is 0 Å². The zero-order chi connectivity index (χ0) is 16.7. The predicted molar refractivity (Wildman–Crippen MR) is 108 cm³/mol. The number of fused-ring (bicyclic) bond motifs is 1. The van der Waals surface area contributed by atoms with Gasteiger partial charge in [-0.05, 0) is 50.0 Å². The number of piperidine rings is 1. The highest BCUT2D eigenvalue weighted by atomic mass is 35.5. The van der Waals surface area contributed by atoms with Crippen LogP contribution in [0.1, 0.15) is 31.6 Å². The standard InChI is InChI=1S/C18H22ClN3O2.2ClH/c1-11(13-9-20-10-13)18(23)22-6-4-12(5-7-22)17-21-15-8-14(19)2-3-16(15)24-17;;/h2-3,8,11-13,20H,4-7,9-10H2,1H3;2*1H. The number of aromatic nitrogens is 1. The second-order valence-corrected chi connectivity index (χ2v) is 7.41. The largest absolute Gasteiger partial charge is 0.440 e. The SMILES string of the molecule is CC(C(=O)N1CCC(c2nc3cc(Cl)ccc3o2)CC1)C1CNC1.Cl.Cl. The Morgan fingerprint density at radius 3 is 2.62 bits per heavy atom. The molecule has 2 aliphatic rings. The van der Waals surface area contributed by atoms with Gasteiger partial charge in [-0.25, -0.2) is 4.98 Å². The fraction of sp³-hybridized carbons (Fsp3) is 0.556. The van der Waals surface area contributed by atoms with Gasteiger partial charge < -0.3 is 14.6 Å². The third-order valence-corrected chi connectivity index (χ3v) is 5.67. The normalized spacial score (nSPS) is 19.4. The van der Waals surface area contributed by atoms with Crippen molar-refractivity contribution in [1.82, 2.24) is 15.2 Å². The quantitative estimate of drug-likeness (QED) is 0.818. The molecule has 8 heteroatoms. The molecule has 1 N–H and O–H groups in total. The van der Waals surface area contributed by atoms with E-state index in [4.69, 9.17) is 16.0 Å². The number of halogens is 3. The van der Waals surface area contributed by atoms with E-state index in [1.807, 2.05) is 23.1 Å². The molecule has 26 heavy (non-hydrogen) atoms. The van der Waals surface area contributed by atoms with E-state index in [0.29, 0.717) is 16.8 Å². The van der Waals surface area contributed by atoms with E-state index < -0.39 is 0 Å². The number of nitrogens with zero attached hydrogens (tertiary/aromatic N) is 2. The lowest BCUT2D eigenvalue weighted by atomic mass is 9.87. The van der Waals surface area contributed by atoms with Crippen LogP contribution in [-0.2, 0) is 4.79 Å². The van der Waals surface area contributed by atoms with Crippen molar-refractivity contribution in [2.75, 3.05) is 26.2 Å². The first-order valence-corrected chi connectivity index (χ1v) is 9.05. The van der Waals surface area contributed by atoms with Crippen molar-refractivity contribution >= 4 is 53.4 Å². The van der Waals surface area contributed by atoms with Gasteiger partial charge in [-0.1, -0.05) is 18.5 Å². The molecule has 2 aromatic rings. The van der Waals surface area contributed by atoms with Crippen molar-refractivity contribution in [2.45, 2.75) is 25.7 Å². The molecular weight excluding hydrogens is 397 g/mol. The highest BCUT2D eigenvalue weighted by Gasteiger charge is 2.34. The van der Waals surface area contributed by atoms with Gasteiger partial charge in [0.05, 0.1) is 0 Å². The molecule has 0 radical (unpaired) electrons. The van der Waals surface area contributed by atoms with Crippen LogP contribution in [-0.4, -0.2) is 42.0 Å². The summed E-state index contributed by atoms with van der Waals surface area (Å²) in [5, 5.41) is 3.91. The summed E-state index contributed by atoms with van der Waals surface area (Å²) in [7, 11) is 0. The van der Waals surface area contributed by atoms with E-state index in [-0.39, 0.29) is 36.6 Å². The summed E-state index contributed by atoms with van der Waals surface area (Å²) in [5.41, 5.74) is 1.58. The molecule has 1 atom stereocenters. The first kappa shape index (κ1) is 21.3. The van der Waals surface area contributed by atoms with Gasteiger partial charge in [0.15, 0.2) is 11.5 Å². The van der Waals surface area contributed by atoms with Crippen molar-refractivity contribution in [1.29, 1.82) is 0 Å². The van der Waals surface area contributed by atoms with E-state index in [1.165, 1.54) is 0 Å². The van der Waals surface area contributed by atoms with Gasteiger partial charge in [-0.2, -0.15) is 0 Å². The maximum atomic E-state index is 12.6. The maximum Gasteiger partial charge on any atom is 0.225 e. The van der Waals surface area contributed by atoms with Gasteiger partial charge in [0, 0.05) is 29.9 Å². The van der Waals surface area contributed by atoms with E-state index in [1.54, 1.807) is 0 Å². The molecule has 2 saturated heterocycles. The molecule has 1 aromatic heterocycles. The average Bonchev–Trinajstić information content (AvgIpc) is 2.95. The van der Waals surface area contributed by atoms with E-state index in [2.05, 4.69) is 17.2 Å². The van der Waals surface area contributed by atoms with Crippen molar-refractivity contribution in [3.05, 3.63) is 29.1 Å². The van der Waals surface area contributed by atoms with Crippen molar-refractivity contribution in [3.8, 4) is 0 Å². The highest BCUT2D eigenvalue weighted by molar-refractivity contribution is 6.31. The Kier molecular flexibility index (Phi) is 7.19. The number of likely N-dealkylation sites (tertiary alicyclic amines) is 1. The summed E-state index contributed by atoms with van der Waals surface area (Å²) in [6, 6.07) is 5.51. The minimum Gasteiger partial charge on any atom is -0.440 e. The smallest absolute Gasteiger partial charge is 0.225 e. The van der Waals surface area contributed by atoms with Crippen LogP contribution in [0, 0.1) is 11.8 Å². The summed E-state index contributed by atoms with van der Waals surface area (Å²) in [6.45, 7) is 5.56. The summed E-state index contributed by atoms with van der Waals surface area (Å²) in [4.78, 5) is 19.2. The van der Waals surface area contributed by atoms with Crippen LogP contribution in [0.2, 0.25) is 5.02 Å². The monoisotopic (exact) mass is 419 g/mol. The molecule has 1 amide bonds. The Labute approximate surface area is 170 Å². The Hall–Kier alpha value is -1.01. The van der Waals surface area contributed by atoms with Gasteiger partial charge in [-0.3, -0.25) is 4.79 Å². The number of carbonyl (C=O) groups excluding carboxylic acids is 1. The summed E-state index contributed by atoms with van der Waals surface area (Å²) < 4.78 is 5.89. The lowest BCUT2D eigenvalue weighted by molar-refractivity contribution is -0.138. The summed E-state index contributed by atoms with van der Waals surface area (Å²) in [5.74, 6) is 1.96. The van der Waals surface area contributed by atoms with Gasteiger partial charge >= 0.3 is 0 Å². The van der Waals surface area contributed by atoms with Crippen LogP contribution in [0.3, 0.4) is 0 Å². The zero-order valence-corrected chi connectivity index (χ0v) is 17.0. The molecule has 0 spiro atoms. The fourth-order valence-electron chi connectivity index (χ4n) is 3.59. The van der Waals surface area contributed by atoms with E-state index in [0.717, 1.165) is 56.0 Å². The van der Waals surface area contributed by atoms with Gasteiger partial charge in [0.25, 0.3) is 0 Å². The Morgan fingerprint density at radius 2 is 2.00 bits per heavy atom. The molecular formula is C18H24Cl3N3O2. The van der Waals surface area contributed by atoms with Crippen molar-refractivity contribution < 1.29 is 9.21 Å². The average molecular weight is 421 g/mol. The second kappa shape index (κ2) is 8.79. The number of benzene rings is 1. The molecule has 2 fully saturated rings.